The lowest BCUT2D eigenvalue weighted by molar-refractivity contribution is -0.0527. The average Bonchev–Trinajstić information content (AvgIpc) is 2.16. The zero-order chi connectivity index (χ0) is 10.8. The highest BCUT2D eigenvalue weighted by Gasteiger charge is 2.29. The van der Waals surface area contributed by atoms with Crippen LogP contribution in [0.1, 0.15) is 11.5 Å². The third kappa shape index (κ3) is 2.28. The maximum Gasteiger partial charge on any atom is 0.0595 e. The molecule has 0 radical (unpaired) electrons. The topological polar surface area (TPSA) is 29.5 Å². The van der Waals surface area contributed by atoms with E-state index in [0.29, 0.717) is 29.2 Å². The van der Waals surface area contributed by atoms with E-state index < -0.39 is 0 Å². The fraction of sp³-hybridized carbons (Fsp3) is 0.455. The van der Waals surface area contributed by atoms with Crippen LogP contribution in [0.4, 0.5) is 0 Å². The van der Waals surface area contributed by atoms with E-state index in [0.717, 1.165) is 5.56 Å². The zero-order valence-corrected chi connectivity index (χ0v) is 9.63. The fourth-order valence-electron chi connectivity index (χ4n) is 1.76. The van der Waals surface area contributed by atoms with Crippen LogP contribution in [0, 0.1) is 5.92 Å². The highest BCUT2D eigenvalue weighted by Crippen LogP contribution is 2.33. The van der Waals surface area contributed by atoms with Gasteiger partial charge in [0.25, 0.3) is 0 Å². The monoisotopic (exact) mass is 246 g/mol. The lowest BCUT2D eigenvalue weighted by atomic mass is 9.85. The summed E-state index contributed by atoms with van der Waals surface area (Å²) in [5.74, 6) is 0.501. The molecule has 0 saturated carbocycles. The normalized spacial score (nSPS) is 18.6. The molecule has 1 N–H and O–H groups in total. The first-order valence-corrected chi connectivity index (χ1v) is 5.61. The second-order valence-electron chi connectivity index (χ2n) is 3.76. The third-order valence-electron chi connectivity index (χ3n) is 2.80. The standard InChI is InChI=1S/C11H12Cl2O2/c12-10-2-1-7(3-11(10)13)9(4-14)8-5-15-6-8/h1-3,8-9,14H,4-6H2. The van der Waals surface area contributed by atoms with Crippen molar-refractivity contribution in [3.05, 3.63) is 33.8 Å². The van der Waals surface area contributed by atoms with Crippen molar-refractivity contribution in [2.45, 2.75) is 5.92 Å². The first-order chi connectivity index (χ1) is 7.22. The van der Waals surface area contributed by atoms with Crippen LogP contribution in [0.5, 0.6) is 0 Å². The molecule has 2 rings (SSSR count). The summed E-state index contributed by atoms with van der Waals surface area (Å²) in [5, 5.41) is 10.4. The Morgan fingerprint density at radius 2 is 2.07 bits per heavy atom. The molecule has 0 aromatic heterocycles. The Kier molecular flexibility index (Phi) is 3.52. The van der Waals surface area contributed by atoms with Gasteiger partial charge in [-0.2, -0.15) is 0 Å². The lowest BCUT2D eigenvalue weighted by Gasteiger charge is -2.33. The van der Waals surface area contributed by atoms with E-state index in [2.05, 4.69) is 0 Å². The van der Waals surface area contributed by atoms with Crippen LogP contribution in [0.25, 0.3) is 0 Å². The number of rotatable bonds is 3. The molecule has 1 atom stereocenters. The number of aliphatic hydroxyl groups is 1. The highest BCUT2D eigenvalue weighted by molar-refractivity contribution is 6.42. The van der Waals surface area contributed by atoms with Crippen LogP contribution in [0.2, 0.25) is 10.0 Å². The molecular formula is C11H12Cl2O2. The van der Waals surface area contributed by atoms with Gasteiger partial charge in [0.2, 0.25) is 0 Å². The molecule has 1 aliphatic rings. The van der Waals surface area contributed by atoms with Crippen molar-refractivity contribution < 1.29 is 9.84 Å². The number of ether oxygens (including phenoxy) is 1. The van der Waals surface area contributed by atoms with Gasteiger partial charge in [-0.3, -0.25) is 0 Å². The van der Waals surface area contributed by atoms with Crippen LogP contribution >= 0.6 is 23.2 Å². The number of benzene rings is 1. The molecule has 1 saturated heterocycles. The fourth-order valence-corrected chi connectivity index (χ4v) is 2.06. The summed E-state index contributed by atoms with van der Waals surface area (Å²) in [6.07, 6.45) is 0. The van der Waals surface area contributed by atoms with Crippen molar-refractivity contribution >= 4 is 23.2 Å². The van der Waals surface area contributed by atoms with Gasteiger partial charge in [-0.05, 0) is 17.7 Å². The second kappa shape index (κ2) is 4.71. The van der Waals surface area contributed by atoms with Crippen LogP contribution in [-0.4, -0.2) is 24.9 Å². The Bertz CT molecular complexity index is 350. The number of halogens is 2. The van der Waals surface area contributed by atoms with Gasteiger partial charge in [-0.1, -0.05) is 29.3 Å². The minimum Gasteiger partial charge on any atom is -0.396 e. The maximum absolute atomic E-state index is 9.34. The van der Waals surface area contributed by atoms with Gasteiger partial charge in [0.15, 0.2) is 0 Å². The molecule has 4 heteroatoms. The Labute approximate surface area is 98.8 Å². The lowest BCUT2D eigenvalue weighted by Crippen LogP contribution is -2.34. The summed E-state index contributed by atoms with van der Waals surface area (Å²) in [6.45, 7) is 1.54. The van der Waals surface area contributed by atoms with Crippen molar-refractivity contribution in [1.29, 1.82) is 0 Å². The largest absolute Gasteiger partial charge is 0.396 e. The molecule has 82 valence electrons. The van der Waals surface area contributed by atoms with Crippen molar-refractivity contribution in [3.63, 3.8) is 0 Å². The molecule has 1 aromatic rings. The smallest absolute Gasteiger partial charge is 0.0595 e. The summed E-state index contributed by atoms with van der Waals surface area (Å²) in [5.41, 5.74) is 1.03. The first kappa shape index (κ1) is 11.2. The van der Waals surface area contributed by atoms with E-state index in [-0.39, 0.29) is 12.5 Å². The highest BCUT2D eigenvalue weighted by atomic mass is 35.5. The predicted molar refractivity (Wildman–Crippen MR) is 60.6 cm³/mol. The van der Waals surface area contributed by atoms with Crippen LogP contribution in [-0.2, 0) is 4.74 Å². The minimum atomic E-state index is 0.105. The van der Waals surface area contributed by atoms with Gasteiger partial charge in [0, 0.05) is 11.8 Å². The van der Waals surface area contributed by atoms with E-state index in [9.17, 15) is 5.11 Å². The summed E-state index contributed by atoms with van der Waals surface area (Å²) >= 11 is 11.8. The molecule has 1 fully saturated rings. The Balaban J connectivity index is 2.21. The second-order valence-corrected chi connectivity index (χ2v) is 4.57. The molecule has 1 unspecified atom stereocenters. The molecule has 15 heavy (non-hydrogen) atoms. The van der Waals surface area contributed by atoms with Crippen LogP contribution in [0.3, 0.4) is 0 Å². The zero-order valence-electron chi connectivity index (χ0n) is 8.12. The van der Waals surface area contributed by atoms with E-state index in [1.807, 2.05) is 12.1 Å². The van der Waals surface area contributed by atoms with E-state index >= 15 is 0 Å². The van der Waals surface area contributed by atoms with Gasteiger partial charge in [-0.25, -0.2) is 0 Å². The molecular weight excluding hydrogens is 235 g/mol. The third-order valence-corrected chi connectivity index (χ3v) is 3.54. The van der Waals surface area contributed by atoms with Crippen molar-refractivity contribution in [3.8, 4) is 0 Å². The molecule has 2 nitrogen and oxygen atoms in total. The van der Waals surface area contributed by atoms with Gasteiger partial charge in [0.1, 0.15) is 0 Å². The molecule has 0 amide bonds. The van der Waals surface area contributed by atoms with Gasteiger partial charge >= 0.3 is 0 Å². The van der Waals surface area contributed by atoms with Crippen molar-refractivity contribution in [2.24, 2.45) is 5.92 Å². The van der Waals surface area contributed by atoms with Crippen molar-refractivity contribution in [1.82, 2.24) is 0 Å². The number of hydrogen-bond donors (Lipinski definition) is 1. The Hall–Kier alpha value is -0.280. The van der Waals surface area contributed by atoms with Crippen LogP contribution in [0.15, 0.2) is 18.2 Å². The molecule has 1 heterocycles. The van der Waals surface area contributed by atoms with Gasteiger partial charge < -0.3 is 9.84 Å². The number of hydrogen-bond acceptors (Lipinski definition) is 2. The SMILES string of the molecule is OCC(c1ccc(Cl)c(Cl)c1)C1COC1. The Morgan fingerprint density at radius 3 is 2.53 bits per heavy atom. The predicted octanol–water partition coefficient (Wildman–Crippen LogP) is 2.72. The average molecular weight is 247 g/mol. The molecule has 0 spiro atoms. The number of aliphatic hydroxyl groups excluding tert-OH is 1. The van der Waals surface area contributed by atoms with E-state index in [4.69, 9.17) is 27.9 Å². The van der Waals surface area contributed by atoms with Gasteiger partial charge in [0.05, 0.1) is 29.9 Å². The van der Waals surface area contributed by atoms with Gasteiger partial charge in [-0.15, -0.1) is 0 Å². The molecule has 0 bridgehead atoms. The summed E-state index contributed by atoms with van der Waals surface area (Å²) in [6, 6.07) is 5.50. The summed E-state index contributed by atoms with van der Waals surface area (Å²) < 4.78 is 5.12. The summed E-state index contributed by atoms with van der Waals surface area (Å²) in [4.78, 5) is 0. The first-order valence-electron chi connectivity index (χ1n) is 4.86. The minimum absolute atomic E-state index is 0.105. The molecule has 1 aliphatic heterocycles. The molecule has 1 aromatic carbocycles. The Morgan fingerprint density at radius 1 is 1.33 bits per heavy atom. The summed E-state index contributed by atoms with van der Waals surface area (Å²) in [7, 11) is 0. The quantitative estimate of drug-likeness (QED) is 0.889. The van der Waals surface area contributed by atoms with Crippen molar-refractivity contribution in [2.75, 3.05) is 19.8 Å². The van der Waals surface area contributed by atoms with Crippen LogP contribution < -0.4 is 0 Å². The maximum atomic E-state index is 9.34. The van der Waals surface area contributed by atoms with E-state index in [1.54, 1.807) is 6.07 Å². The molecule has 0 aliphatic carbocycles. The van der Waals surface area contributed by atoms with E-state index in [1.165, 1.54) is 0 Å².